The summed E-state index contributed by atoms with van der Waals surface area (Å²) in [4.78, 5) is 8.31. The van der Waals surface area contributed by atoms with Gasteiger partial charge in [-0.2, -0.15) is 0 Å². The predicted octanol–water partition coefficient (Wildman–Crippen LogP) is 2.07. The molecule has 0 fully saturated rings. The molecule has 5 heteroatoms. The first-order valence-electron chi connectivity index (χ1n) is 5.32. The molecule has 16 heavy (non-hydrogen) atoms. The third-order valence-electron chi connectivity index (χ3n) is 2.10. The van der Waals surface area contributed by atoms with Crippen molar-refractivity contribution in [3.63, 3.8) is 0 Å². The molecule has 0 aliphatic rings. The van der Waals surface area contributed by atoms with Crippen molar-refractivity contribution in [2.45, 2.75) is 19.9 Å². The molecule has 0 saturated carbocycles. The van der Waals surface area contributed by atoms with Crippen molar-refractivity contribution < 1.29 is 4.74 Å². The predicted molar refractivity (Wildman–Crippen MR) is 66.0 cm³/mol. The monoisotopic (exact) mass is 237 g/mol. The molecule has 0 amide bonds. The van der Waals surface area contributed by atoms with Crippen LogP contribution in [0, 0.1) is 0 Å². The summed E-state index contributed by atoms with van der Waals surface area (Å²) in [6.45, 7) is 5.68. The number of nitrogens with zero attached hydrogens (tertiary/aromatic N) is 2. The summed E-state index contributed by atoms with van der Waals surface area (Å²) in [5.41, 5.74) is 0.951. The second-order valence-electron chi connectivity index (χ2n) is 3.77. The molecular formula is C11H15N3OS. The van der Waals surface area contributed by atoms with Crippen LogP contribution in [0.1, 0.15) is 13.8 Å². The van der Waals surface area contributed by atoms with E-state index < -0.39 is 0 Å². The van der Waals surface area contributed by atoms with Gasteiger partial charge < -0.3 is 10.1 Å². The van der Waals surface area contributed by atoms with Crippen LogP contribution < -0.4 is 10.1 Å². The van der Waals surface area contributed by atoms with Crippen molar-refractivity contribution in [3.8, 4) is 5.88 Å². The van der Waals surface area contributed by atoms with Crippen LogP contribution in [0.5, 0.6) is 5.88 Å². The number of hydrogen-bond acceptors (Lipinski definition) is 5. The fourth-order valence-electron chi connectivity index (χ4n) is 1.36. The third kappa shape index (κ3) is 2.68. The second-order valence-corrected chi connectivity index (χ2v) is 4.69. The first kappa shape index (κ1) is 11.3. The standard InChI is InChI=1S/C11H15N3OS/c1-8(2)12-4-5-15-11-10-9(3-6-16-10)13-7-14-11/h3,6-8,12H,4-5H2,1-2H3. The molecule has 0 bridgehead atoms. The van der Waals surface area contributed by atoms with Gasteiger partial charge in [0.05, 0.1) is 5.52 Å². The topological polar surface area (TPSA) is 47.0 Å². The van der Waals surface area contributed by atoms with Gasteiger partial charge in [-0.05, 0) is 11.4 Å². The first-order chi connectivity index (χ1) is 7.77. The summed E-state index contributed by atoms with van der Waals surface area (Å²) in [6.07, 6.45) is 1.54. The quantitative estimate of drug-likeness (QED) is 0.809. The van der Waals surface area contributed by atoms with E-state index in [0.29, 0.717) is 18.5 Å². The summed E-state index contributed by atoms with van der Waals surface area (Å²) in [5, 5.41) is 5.29. The molecule has 0 aliphatic heterocycles. The number of aromatic nitrogens is 2. The Bertz CT molecular complexity index is 455. The molecule has 1 N–H and O–H groups in total. The van der Waals surface area contributed by atoms with E-state index in [0.717, 1.165) is 16.8 Å². The maximum absolute atomic E-state index is 5.62. The van der Waals surface area contributed by atoms with Crippen LogP contribution in [0.15, 0.2) is 17.8 Å². The fraction of sp³-hybridized carbons (Fsp3) is 0.455. The summed E-state index contributed by atoms with van der Waals surface area (Å²) in [6, 6.07) is 2.46. The van der Waals surface area contributed by atoms with Gasteiger partial charge in [0.15, 0.2) is 0 Å². The molecule has 4 nitrogen and oxygen atoms in total. The lowest BCUT2D eigenvalue weighted by molar-refractivity contribution is 0.301. The molecule has 0 atom stereocenters. The van der Waals surface area contributed by atoms with Crippen LogP contribution in [-0.4, -0.2) is 29.2 Å². The van der Waals surface area contributed by atoms with Gasteiger partial charge in [-0.1, -0.05) is 13.8 Å². The lowest BCUT2D eigenvalue weighted by atomic mass is 10.4. The Balaban J connectivity index is 1.96. The van der Waals surface area contributed by atoms with Gasteiger partial charge in [0.2, 0.25) is 5.88 Å². The molecule has 2 aromatic rings. The van der Waals surface area contributed by atoms with Gasteiger partial charge in [0.25, 0.3) is 0 Å². The number of fused-ring (bicyclic) bond motifs is 1. The largest absolute Gasteiger partial charge is 0.475 e. The lowest BCUT2D eigenvalue weighted by Crippen LogP contribution is -2.27. The highest BCUT2D eigenvalue weighted by Crippen LogP contribution is 2.26. The minimum atomic E-state index is 0.482. The SMILES string of the molecule is CC(C)NCCOc1ncnc2ccsc12. The Kier molecular flexibility index (Phi) is 3.69. The van der Waals surface area contributed by atoms with Crippen LogP contribution in [0.4, 0.5) is 0 Å². The van der Waals surface area contributed by atoms with Gasteiger partial charge in [0.1, 0.15) is 17.6 Å². The minimum Gasteiger partial charge on any atom is -0.475 e. The molecule has 0 aliphatic carbocycles. The van der Waals surface area contributed by atoms with Gasteiger partial charge in [0, 0.05) is 12.6 Å². The van der Waals surface area contributed by atoms with Crippen LogP contribution in [0.25, 0.3) is 10.2 Å². The number of rotatable bonds is 5. The summed E-state index contributed by atoms with van der Waals surface area (Å²) >= 11 is 1.61. The summed E-state index contributed by atoms with van der Waals surface area (Å²) < 4.78 is 6.65. The van der Waals surface area contributed by atoms with E-state index in [-0.39, 0.29) is 0 Å². The molecule has 0 radical (unpaired) electrons. The van der Waals surface area contributed by atoms with E-state index in [9.17, 15) is 0 Å². The zero-order valence-electron chi connectivity index (χ0n) is 9.43. The van der Waals surface area contributed by atoms with Gasteiger partial charge in [-0.15, -0.1) is 11.3 Å². The van der Waals surface area contributed by atoms with E-state index in [4.69, 9.17) is 4.74 Å². The van der Waals surface area contributed by atoms with Crippen molar-refractivity contribution in [2.75, 3.05) is 13.2 Å². The van der Waals surface area contributed by atoms with Crippen molar-refractivity contribution in [1.82, 2.24) is 15.3 Å². The summed E-state index contributed by atoms with van der Waals surface area (Å²) in [7, 11) is 0. The molecule has 0 aromatic carbocycles. The van der Waals surface area contributed by atoms with Crippen molar-refractivity contribution in [1.29, 1.82) is 0 Å². The Morgan fingerprint density at radius 2 is 2.31 bits per heavy atom. The lowest BCUT2D eigenvalue weighted by Gasteiger charge is -2.09. The molecule has 0 unspecified atom stereocenters. The van der Waals surface area contributed by atoms with E-state index >= 15 is 0 Å². The Hall–Kier alpha value is -1.20. The normalized spacial score (nSPS) is 11.2. The highest BCUT2D eigenvalue weighted by Gasteiger charge is 2.05. The Morgan fingerprint density at radius 1 is 1.44 bits per heavy atom. The van der Waals surface area contributed by atoms with Gasteiger partial charge in [-0.25, -0.2) is 9.97 Å². The van der Waals surface area contributed by atoms with Gasteiger partial charge in [-0.3, -0.25) is 0 Å². The smallest absolute Gasteiger partial charge is 0.234 e. The maximum Gasteiger partial charge on any atom is 0.234 e. The first-order valence-corrected chi connectivity index (χ1v) is 6.19. The zero-order chi connectivity index (χ0) is 11.4. The number of hydrogen-bond donors (Lipinski definition) is 1. The van der Waals surface area contributed by atoms with Crippen LogP contribution in [-0.2, 0) is 0 Å². The Labute approximate surface area is 98.7 Å². The number of nitrogens with one attached hydrogen (secondary N) is 1. The van der Waals surface area contributed by atoms with E-state index in [1.165, 1.54) is 0 Å². The highest BCUT2D eigenvalue weighted by atomic mass is 32.1. The molecular weight excluding hydrogens is 222 g/mol. The minimum absolute atomic E-state index is 0.482. The third-order valence-corrected chi connectivity index (χ3v) is 3.00. The molecule has 2 heterocycles. The van der Waals surface area contributed by atoms with Crippen molar-refractivity contribution in [2.24, 2.45) is 0 Å². The number of thiophene rings is 1. The van der Waals surface area contributed by atoms with E-state index in [1.807, 2.05) is 11.4 Å². The molecule has 2 rings (SSSR count). The van der Waals surface area contributed by atoms with Gasteiger partial charge >= 0.3 is 0 Å². The zero-order valence-corrected chi connectivity index (χ0v) is 10.3. The van der Waals surface area contributed by atoms with Crippen LogP contribution in [0.2, 0.25) is 0 Å². The van der Waals surface area contributed by atoms with Crippen molar-refractivity contribution in [3.05, 3.63) is 17.8 Å². The molecule has 0 spiro atoms. The average molecular weight is 237 g/mol. The molecule has 86 valence electrons. The van der Waals surface area contributed by atoms with E-state index in [1.54, 1.807) is 17.7 Å². The average Bonchev–Trinajstić information content (AvgIpc) is 2.72. The second kappa shape index (κ2) is 5.23. The number of ether oxygens (including phenoxy) is 1. The Morgan fingerprint density at radius 3 is 3.12 bits per heavy atom. The van der Waals surface area contributed by atoms with E-state index in [2.05, 4.69) is 29.1 Å². The highest BCUT2D eigenvalue weighted by molar-refractivity contribution is 7.17. The maximum atomic E-state index is 5.62. The van der Waals surface area contributed by atoms with Crippen LogP contribution in [0.3, 0.4) is 0 Å². The van der Waals surface area contributed by atoms with Crippen molar-refractivity contribution >= 4 is 21.6 Å². The fourth-order valence-corrected chi connectivity index (χ4v) is 2.15. The van der Waals surface area contributed by atoms with Crippen LogP contribution >= 0.6 is 11.3 Å². The molecule has 2 aromatic heterocycles. The molecule has 0 saturated heterocycles. The summed E-state index contributed by atoms with van der Waals surface area (Å²) in [5.74, 6) is 0.686.